The van der Waals surface area contributed by atoms with Crippen LogP contribution in [0.4, 0.5) is 0 Å². The highest BCUT2D eigenvalue weighted by Crippen LogP contribution is 2.37. The number of carboxylic acids is 1. The standard InChI is InChI=1S/C26H25Cl2N3O5S2/c27-23-15(12-16-7-11-38-25(16)24(23)28)3-4-21(33)31-8-5-17(6-9-31)29-26(36)19(14-22(34)35)30-20(32)13-18-2-1-10-37-18/h1-4,7,10-12,17,19H,5-6,8-9,13-14H2,(H,29,36)(H,30,32)(H,34,35)/b4-3+/t19-/m0/s1. The molecule has 0 saturated carbocycles. The average Bonchev–Trinajstić information content (AvgIpc) is 3.57. The molecular weight excluding hydrogens is 569 g/mol. The molecule has 4 rings (SSSR count). The molecular formula is C26H25Cl2N3O5S2. The number of nitrogens with zero attached hydrogens (tertiary/aromatic N) is 1. The number of hydrogen-bond donors (Lipinski definition) is 3. The van der Waals surface area contributed by atoms with Gasteiger partial charge in [-0.15, -0.1) is 22.7 Å². The van der Waals surface area contributed by atoms with Gasteiger partial charge in [-0.1, -0.05) is 29.3 Å². The number of hydrogen-bond acceptors (Lipinski definition) is 6. The fraction of sp³-hybridized carbons (Fsp3) is 0.308. The van der Waals surface area contributed by atoms with Gasteiger partial charge in [0.25, 0.3) is 0 Å². The zero-order valence-corrected chi connectivity index (χ0v) is 23.3. The van der Waals surface area contributed by atoms with Crippen molar-refractivity contribution < 1.29 is 24.3 Å². The molecule has 1 aliphatic rings. The van der Waals surface area contributed by atoms with Gasteiger partial charge in [-0.05, 0) is 58.8 Å². The second-order valence-electron chi connectivity index (χ2n) is 8.85. The van der Waals surface area contributed by atoms with Crippen LogP contribution < -0.4 is 10.6 Å². The molecule has 3 heterocycles. The molecule has 1 saturated heterocycles. The Morgan fingerprint density at radius 1 is 1.11 bits per heavy atom. The normalized spacial score (nSPS) is 15.1. The first-order chi connectivity index (χ1) is 18.2. The van der Waals surface area contributed by atoms with Gasteiger partial charge in [0.05, 0.1) is 27.6 Å². The van der Waals surface area contributed by atoms with Gasteiger partial charge in [-0.25, -0.2) is 0 Å². The van der Waals surface area contributed by atoms with E-state index >= 15 is 0 Å². The highest BCUT2D eigenvalue weighted by Gasteiger charge is 2.28. The molecule has 200 valence electrons. The summed E-state index contributed by atoms with van der Waals surface area (Å²) in [5.41, 5.74) is 0.656. The van der Waals surface area contributed by atoms with Gasteiger partial charge in [0, 0.05) is 30.1 Å². The number of thiophene rings is 2. The van der Waals surface area contributed by atoms with E-state index in [0.717, 1.165) is 15.0 Å². The van der Waals surface area contributed by atoms with Crippen LogP contribution >= 0.6 is 45.9 Å². The Labute approximate surface area is 237 Å². The topological polar surface area (TPSA) is 116 Å². The minimum atomic E-state index is -1.19. The summed E-state index contributed by atoms with van der Waals surface area (Å²) in [6.45, 7) is 0.834. The number of nitrogens with one attached hydrogen (secondary N) is 2. The van der Waals surface area contributed by atoms with Crippen molar-refractivity contribution in [1.29, 1.82) is 0 Å². The molecule has 38 heavy (non-hydrogen) atoms. The first-order valence-electron chi connectivity index (χ1n) is 11.9. The molecule has 1 aromatic carbocycles. The summed E-state index contributed by atoms with van der Waals surface area (Å²) >= 11 is 15.7. The first-order valence-corrected chi connectivity index (χ1v) is 14.4. The van der Waals surface area contributed by atoms with Crippen LogP contribution in [0.3, 0.4) is 0 Å². The lowest BCUT2D eigenvalue weighted by atomic mass is 10.0. The average molecular weight is 595 g/mol. The maximum absolute atomic E-state index is 12.8. The van der Waals surface area contributed by atoms with Crippen molar-refractivity contribution in [3.63, 3.8) is 0 Å². The summed E-state index contributed by atoms with van der Waals surface area (Å²) in [6, 6.07) is 6.02. The molecule has 0 radical (unpaired) electrons. The van der Waals surface area contributed by atoms with E-state index in [1.807, 2.05) is 29.0 Å². The van der Waals surface area contributed by atoms with Gasteiger partial charge in [-0.3, -0.25) is 19.2 Å². The van der Waals surface area contributed by atoms with Crippen molar-refractivity contribution in [2.45, 2.75) is 37.8 Å². The second kappa shape index (κ2) is 12.8. The Balaban J connectivity index is 1.29. The fourth-order valence-electron chi connectivity index (χ4n) is 4.20. The number of halogens is 2. The SMILES string of the molecule is O=C(O)C[C@H](NC(=O)Cc1cccs1)C(=O)NC1CCN(C(=O)/C=C/c2cc3ccsc3c(Cl)c2Cl)CC1. The van der Waals surface area contributed by atoms with Crippen LogP contribution in [0, 0.1) is 0 Å². The predicted octanol–water partition coefficient (Wildman–Crippen LogP) is 4.59. The monoisotopic (exact) mass is 593 g/mol. The number of carbonyl (C=O) groups excluding carboxylic acids is 3. The molecule has 3 N–H and O–H groups in total. The molecule has 1 atom stereocenters. The second-order valence-corrected chi connectivity index (χ2v) is 11.6. The third kappa shape index (κ3) is 7.13. The number of carboxylic acid groups (broad SMARTS) is 1. The van der Waals surface area contributed by atoms with Crippen molar-refractivity contribution in [1.82, 2.24) is 15.5 Å². The van der Waals surface area contributed by atoms with Crippen LogP contribution in [-0.4, -0.2) is 58.9 Å². The summed E-state index contributed by atoms with van der Waals surface area (Å²) in [5.74, 6) is -2.34. The molecule has 3 aromatic rings. The van der Waals surface area contributed by atoms with E-state index in [0.29, 0.717) is 41.5 Å². The Morgan fingerprint density at radius 3 is 2.55 bits per heavy atom. The van der Waals surface area contributed by atoms with E-state index in [1.54, 1.807) is 17.0 Å². The zero-order valence-electron chi connectivity index (χ0n) is 20.1. The van der Waals surface area contributed by atoms with Crippen LogP contribution in [0.15, 0.2) is 41.1 Å². The molecule has 1 fully saturated rings. The molecule has 0 unspecified atom stereocenters. The molecule has 0 bridgehead atoms. The maximum Gasteiger partial charge on any atom is 0.305 e. The highest BCUT2D eigenvalue weighted by molar-refractivity contribution is 7.18. The lowest BCUT2D eigenvalue weighted by Gasteiger charge is -2.32. The Morgan fingerprint density at radius 2 is 1.87 bits per heavy atom. The van der Waals surface area contributed by atoms with Gasteiger partial charge in [0.15, 0.2) is 0 Å². The smallest absolute Gasteiger partial charge is 0.305 e. The summed E-state index contributed by atoms with van der Waals surface area (Å²) < 4.78 is 0.900. The summed E-state index contributed by atoms with van der Waals surface area (Å²) in [6.07, 6.45) is 3.67. The fourth-order valence-corrected chi connectivity index (χ4v) is 6.35. The van der Waals surface area contributed by atoms with Crippen molar-refractivity contribution in [3.8, 4) is 0 Å². The van der Waals surface area contributed by atoms with Gasteiger partial charge >= 0.3 is 5.97 Å². The van der Waals surface area contributed by atoms with Crippen LogP contribution in [0.2, 0.25) is 10.0 Å². The molecule has 3 amide bonds. The molecule has 1 aliphatic heterocycles. The molecule has 2 aromatic heterocycles. The molecule has 0 aliphatic carbocycles. The van der Waals surface area contributed by atoms with E-state index in [-0.39, 0.29) is 18.4 Å². The van der Waals surface area contributed by atoms with Gasteiger partial charge < -0.3 is 20.6 Å². The summed E-state index contributed by atoms with van der Waals surface area (Å²) in [4.78, 5) is 51.7. The lowest BCUT2D eigenvalue weighted by Crippen LogP contribution is -2.53. The van der Waals surface area contributed by atoms with Crippen molar-refractivity contribution in [3.05, 3.63) is 61.6 Å². The molecule has 12 heteroatoms. The maximum atomic E-state index is 12.8. The minimum Gasteiger partial charge on any atom is -0.481 e. The predicted molar refractivity (Wildman–Crippen MR) is 151 cm³/mol. The quantitative estimate of drug-likeness (QED) is 0.314. The Hall–Kier alpha value is -2.92. The van der Waals surface area contributed by atoms with Crippen LogP contribution in [-0.2, 0) is 25.6 Å². The van der Waals surface area contributed by atoms with E-state index in [4.69, 9.17) is 23.2 Å². The number of fused-ring (bicyclic) bond motifs is 1. The van der Waals surface area contributed by atoms with Crippen LogP contribution in [0.1, 0.15) is 29.7 Å². The number of piperidine rings is 1. The van der Waals surface area contributed by atoms with E-state index in [2.05, 4.69) is 10.6 Å². The largest absolute Gasteiger partial charge is 0.481 e. The van der Waals surface area contributed by atoms with E-state index in [1.165, 1.54) is 28.7 Å². The number of aliphatic carboxylic acids is 1. The number of likely N-dealkylation sites (tertiary alicyclic amines) is 1. The van der Waals surface area contributed by atoms with Gasteiger partial charge in [0.2, 0.25) is 17.7 Å². The van der Waals surface area contributed by atoms with Gasteiger partial charge in [0.1, 0.15) is 6.04 Å². The first kappa shape index (κ1) is 28.1. The van der Waals surface area contributed by atoms with Crippen molar-refractivity contribution in [2.24, 2.45) is 0 Å². The number of rotatable bonds is 9. The van der Waals surface area contributed by atoms with Crippen molar-refractivity contribution in [2.75, 3.05) is 13.1 Å². The number of benzene rings is 1. The molecule has 0 spiro atoms. The number of carbonyl (C=O) groups is 4. The molecule has 8 nitrogen and oxygen atoms in total. The summed E-state index contributed by atoms with van der Waals surface area (Å²) in [7, 11) is 0. The lowest BCUT2D eigenvalue weighted by molar-refractivity contribution is -0.141. The Kier molecular flexibility index (Phi) is 9.43. The highest BCUT2D eigenvalue weighted by atomic mass is 35.5. The Bertz CT molecular complexity index is 1360. The van der Waals surface area contributed by atoms with Crippen molar-refractivity contribution >= 4 is 85.7 Å². The zero-order chi connectivity index (χ0) is 27.2. The van der Waals surface area contributed by atoms with E-state index < -0.39 is 30.2 Å². The van der Waals surface area contributed by atoms with Gasteiger partial charge in [-0.2, -0.15) is 0 Å². The van der Waals surface area contributed by atoms with E-state index in [9.17, 15) is 24.3 Å². The van der Waals surface area contributed by atoms with Crippen LogP contribution in [0.5, 0.6) is 0 Å². The summed E-state index contributed by atoms with van der Waals surface area (Å²) in [5, 5.41) is 20.2. The van der Waals surface area contributed by atoms with Crippen LogP contribution in [0.25, 0.3) is 16.2 Å². The third-order valence-corrected chi connectivity index (χ3v) is 8.97. The number of amides is 3. The minimum absolute atomic E-state index is 0.0770. The third-order valence-electron chi connectivity index (χ3n) is 6.16.